The van der Waals surface area contributed by atoms with E-state index in [0.29, 0.717) is 16.9 Å². The van der Waals surface area contributed by atoms with Crippen molar-refractivity contribution in [1.29, 1.82) is 0 Å². The first-order valence-corrected chi connectivity index (χ1v) is 7.66. The molecule has 0 aliphatic rings. The van der Waals surface area contributed by atoms with E-state index in [4.69, 9.17) is 16.3 Å². The van der Waals surface area contributed by atoms with E-state index in [0.717, 1.165) is 17.0 Å². The molecule has 0 saturated heterocycles. The van der Waals surface area contributed by atoms with E-state index in [9.17, 15) is 18.4 Å². The van der Waals surface area contributed by atoms with Crippen molar-refractivity contribution >= 4 is 34.8 Å². The number of likely N-dealkylation sites (N-methyl/N-ethyl adjacent to an activating group) is 1. The zero-order valence-electron chi connectivity index (χ0n) is 12.0. The molecular weight excluding hydrogens is 348 g/mol. The van der Waals surface area contributed by atoms with Crippen LogP contribution in [0.3, 0.4) is 0 Å². The molecule has 0 unspecified atom stereocenters. The molecular formula is C15H12ClF2NO3S. The first kappa shape index (κ1) is 17.4. The summed E-state index contributed by atoms with van der Waals surface area (Å²) in [5, 5.41) is 0. The molecule has 0 fully saturated rings. The van der Waals surface area contributed by atoms with E-state index in [-0.39, 0.29) is 5.56 Å². The molecule has 0 saturated carbocycles. The number of hydrogen-bond donors (Lipinski definition) is 0. The van der Waals surface area contributed by atoms with Gasteiger partial charge in [0.15, 0.2) is 6.61 Å². The monoisotopic (exact) mass is 359 g/mol. The number of thiophene rings is 1. The van der Waals surface area contributed by atoms with Crippen molar-refractivity contribution in [3.63, 3.8) is 0 Å². The second kappa shape index (κ2) is 7.52. The molecule has 0 bridgehead atoms. The lowest BCUT2D eigenvalue weighted by Crippen LogP contribution is -2.30. The van der Waals surface area contributed by atoms with Crippen LogP contribution in [0.15, 0.2) is 30.3 Å². The van der Waals surface area contributed by atoms with Crippen LogP contribution in [0.4, 0.5) is 8.78 Å². The van der Waals surface area contributed by atoms with Crippen molar-refractivity contribution in [2.24, 2.45) is 0 Å². The summed E-state index contributed by atoms with van der Waals surface area (Å²) in [4.78, 5) is 25.8. The molecule has 2 rings (SSSR count). The molecule has 0 aliphatic heterocycles. The van der Waals surface area contributed by atoms with Gasteiger partial charge in [-0.05, 0) is 24.3 Å². The normalized spacial score (nSPS) is 10.4. The molecule has 1 amide bonds. The summed E-state index contributed by atoms with van der Waals surface area (Å²) in [5.74, 6) is -3.20. The summed E-state index contributed by atoms with van der Waals surface area (Å²) >= 11 is 7.14. The van der Waals surface area contributed by atoms with Gasteiger partial charge in [-0.3, -0.25) is 4.79 Å². The van der Waals surface area contributed by atoms with Crippen molar-refractivity contribution in [2.45, 2.75) is 6.54 Å². The lowest BCUT2D eigenvalue weighted by atomic mass is 10.2. The van der Waals surface area contributed by atoms with Crippen molar-refractivity contribution in [2.75, 3.05) is 13.7 Å². The number of esters is 1. The molecule has 4 nitrogen and oxygen atoms in total. The van der Waals surface area contributed by atoms with Gasteiger partial charge < -0.3 is 9.64 Å². The predicted molar refractivity (Wildman–Crippen MR) is 82.4 cm³/mol. The van der Waals surface area contributed by atoms with Crippen LogP contribution in [0.5, 0.6) is 0 Å². The number of rotatable bonds is 5. The molecule has 1 aromatic heterocycles. The number of nitrogens with zero attached hydrogens (tertiary/aromatic N) is 1. The summed E-state index contributed by atoms with van der Waals surface area (Å²) in [6.07, 6.45) is 0. The zero-order valence-corrected chi connectivity index (χ0v) is 13.6. The maximum absolute atomic E-state index is 13.0. The minimum Gasteiger partial charge on any atom is -0.452 e. The SMILES string of the molecule is CN(Cc1ccc(Cl)s1)C(=O)COC(=O)c1cc(F)cc(F)c1. The Bertz CT molecular complexity index is 715. The Morgan fingerprint density at radius 2 is 1.87 bits per heavy atom. The average molecular weight is 360 g/mol. The van der Waals surface area contributed by atoms with E-state index >= 15 is 0 Å². The molecule has 0 spiro atoms. The summed E-state index contributed by atoms with van der Waals surface area (Å²) in [5.41, 5.74) is -0.289. The van der Waals surface area contributed by atoms with E-state index in [2.05, 4.69) is 0 Å². The highest BCUT2D eigenvalue weighted by Crippen LogP contribution is 2.22. The zero-order chi connectivity index (χ0) is 17.0. The smallest absolute Gasteiger partial charge is 0.338 e. The summed E-state index contributed by atoms with van der Waals surface area (Å²) in [6.45, 7) is -0.199. The maximum Gasteiger partial charge on any atom is 0.338 e. The maximum atomic E-state index is 13.0. The molecule has 1 aromatic carbocycles. The number of amides is 1. The van der Waals surface area contributed by atoms with E-state index in [1.165, 1.54) is 16.2 Å². The van der Waals surface area contributed by atoms with Crippen LogP contribution in [0.1, 0.15) is 15.2 Å². The quantitative estimate of drug-likeness (QED) is 0.768. The second-order valence-electron chi connectivity index (χ2n) is 4.69. The summed E-state index contributed by atoms with van der Waals surface area (Å²) < 4.78 is 31.4. The van der Waals surface area contributed by atoms with Gasteiger partial charge in [-0.25, -0.2) is 13.6 Å². The summed E-state index contributed by atoms with van der Waals surface area (Å²) in [6, 6.07) is 5.83. The standard InChI is InChI=1S/C15H12ClF2NO3S/c1-19(7-12-2-3-13(16)23-12)14(20)8-22-15(21)9-4-10(17)6-11(18)5-9/h2-6H,7-8H2,1H3. The average Bonchev–Trinajstić information content (AvgIpc) is 2.88. The molecule has 122 valence electrons. The number of carbonyl (C=O) groups is 2. The highest BCUT2D eigenvalue weighted by atomic mass is 35.5. The van der Waals surface area contributed by atoms with Gasteiger partial charge in [-0.1, -0.05) is 11.6 Å². The highest BCUT2D eigenvalue weighted by Gasteiger charge is 2.15. The Balaban J connectivity index is 1.89. The Morgan fingerprint density at radius 1 is 1.22 bits per heavy atom. The highest BCUT2D eigenvalue weighted by molar-refractivity contribution is 7.16. The Morgan fingerprint density at radius 3 is 2.43 bits per heavy atom. The van der Waals surface area contributed by atoms with Gasteiger partial charge in [0.2, 0.25) is 0 Å². The molecule has 0 radical (unpaired) electrons. The van der Waals surface area contributed by atoms with Crippen molar-refractivity contribution in [1.82, 2.24) is 4.90 Å². The third kappa shape index (κ3) is 5.01. The molecule has 0 aliphatic carbocycles. The number of benzene rings is 1. The van der Waals surface area contributed by atoms with Crippen molar-refractivity contribution < 1.29 is 23.1 Å². The van der Waals surface area contributed by atoms with Crippen LogP contribution in [0.2, 0.25) is 4.34 Å². The molecule has 1 heterocycles. The number of carbonyl (C=O) groups excluding carboxylic acids is 2. The van der Waals surface area contributed by atoms with Crippen LogP contribution in [-0.4, -0.2) is 30.4 Å². The summed E-state index contributed by atoms with van der Waals surface area (Å²) in [7, 11) is 1.55. The Kier molecular flexibility index (Phi) is 5.68. The third-order valence-electron chi connectivity index (χ3n) is 2.87. The van der Waals surface area contributed by atoms with Gasteiger partial charge in [0.05, 0.1) is 16.4 Å². The van der Waals surface area contributed by atoms with Crippen LogP contribution < -0.4 is 0 Å². The lowest BCUT2D eigenvalue weighted by Gasteiger charge is -2.16. The lowest BCUT2D eigenvalue weighted by molar-refractivity contribution is -0.133. The van der Waals surface area contributed by atoms with Gasteiger partial charge in [0.1, 0.15) is 11.6 Å². The van der Waals surface area contributed by atoms with Crippen LogP contribution in [0.25, 0.3) is 0 Å². The molecule has 0 N–H and O–H groups in total. The fourth-order valence-corrected chi connectivity index (χ4v) is 2.89. The van der Waals surface area contributed by atoms with Gasteiger partial charge >= 0.3 is 5.97 Å². The molecule has 0 atom stereocenters. The van der Waals surface area contributed by atoms with Crippen molar-refractivity contribution in [3.8, 4) is 0 Å². The number of ether oxygens (including phenoxy) is 1. The Hall–Kier alpha value is -1.99. The molecule has 8 heteroatoms. The minimum atomic E-state index is -0.968. The third-order valence-corrected chi connectivity index (χ3v) is 4.09. The van der Waals surface area contributed by atoms with Gasteiger partial charge in [0, 0.05) is 18.0 Å². The number of halogens is 3. The number of hydrogen-bond acceptors (Lipinski definition) is 4. The molecule has 23 heavy (non-hydrogen) atoms. The molecule has 2 aromatic rings. The predicted octanol–water partition coefficient (Wildman–Crippen LogP) is 3.50. The van der Waals surface area contributed by atoms with Crippen molar-refractivity contribution in [3.05, 3.63) is 56.7 Å². The largest absolute Gasteiger partial charge is 0.452 e. The fraction of sp³-hybridized carbons (Fsp3) is 0.200. The van der Waals surface area contributed by atoms with Gasteiger partial charge in [0.25, 0.3) is 5.91 Å². The van der Waals surface area contributed by atoms with Crippen LogP contribution in [-0.2, 0) is 16.1 Å². The minimum absolute atomic E-state index is 0.289. The first-order valence-electron chi connectivity index (χ1n) is 6.46. The Labute approximate surface area is 140 Å². The van der Waals surface area contributed by atoms with E-state index in [1.54, 1.807) is 19.2 Å². The first-order chi connectivity index (χ1) is 10.8. The second-order valence-corrected chi connectivity index (χ2v) is 6.49. The van der Waals surface area contributed by atoms with Gasteiger partial charge in [-0.15, -0.1) is 11.3 Å². The van der Waals surface area contributed by atoms with E-state index < -0.39 is 30.1 Å². The van der Waals surface area contributed by atoms with Crippen LogP contribution >= 0.6 is 22.9 Å². The van der Waals surface area contributed by atoms with E-state index in [1.807, 2.05) is 0 Å². The fourth-order valence-electron chi connectivity index (χ4n) is 1.75. The topological polar surface area (TPSA) is 46.6 Å². The van der Waals surface area contributed by atoms with Crippen LogP contribution in [0, 0.1) is 11.6 Å². The van der Waals surface area contributed by atoms with Gasteiger partial charge in [-0.2, -0.15) is 0 Å².